The van der Waals surface area contributed by atoms with E-state index in [9.17, 15) is 14.7 Å². The van der Waals surface area contributed by atoms with Gasteiger partial charge in [0.15, 0.2) is 0 Å². The van der Waals surface area contributed by atoms with Gasteiger partial charge in [0.1, 0.15) is 5.54 Å². The number of hydrogen-bond acceptors (Lipinski definition) is 2. The van der Waals surface area contributed by atoms with E-state index in [1.807, 2.05) is 12.1 Å². The molecule has 0 bridgehead atoms. The molecule has 0 saturated heterocycles. The predicted octanol–water partition coefficient (Wildman–Crippen LogP) is 2.89. The van der Waals surface area contributed by atoms with Crippen LogP contribution in [0, 0.1) is 0 Å². The molecule has 0 aromatic heterocycles. The maximum Gasteiger partial charge on any atom is 0.329 e. The molecule has 112 valence electrons. The third kappa shape index (κ3) is 2.42. The zero-order valence-electron chi connectivity index (χ0n) is 11.7. The number of carbonyl (C=O) groups excluding carboxylic acids is 1. The van der Waals surface area contributed by atoms with Crippen molar-refractivity contribution >= 4 is 23.5 Å². The van der Waals surface area contributed by atoms with Crippen LogP contribution < -0.4 is 5.32 Å². The highest BCUT2D eigenvalue weighted by Crippen LogP contribution is 2.49. The summed E-state index contributed by atoms with van der Waals surface area (Å²) in [5.41, 5.74) is -0.711. The Kier molecular flexibility index (Phi) is 3.44. The van der Waals surface area contributed by atoms with E-state index >= 15 is 0 Å². The van der Waals surface area contributed by atoms with Crippen molar-refractivity contribution in [3.8, 4) is 0 Å². The first-order chi connectivity index (χ1) is 9.98. The molecule has 0 spiro atoms. The summed E-state index contributed by atoms with van der Waals surface area (Å²) < 4.78 is 0. The van der Waals surface area contributed by atoms with E-state index in [1.54, 1.807) is 12.1 Å². The third-order valence-corrected chi connectivity index (χ3v) is 5.05. The molecule has 1 aromatic rings. The summed E-state index contributed by atoms with van der Waals surface area (Å²) in [7, 11) is 0. The number of hydrogen-bond donors (Lipinski definition) is 2. The van der Waals surface area contributed by atoms with Crippen molar-refractivity contribution in [1.82, 2.24) is 5.32 Å². The van der Waals surface area contributed by atoms with Crippen LogP contribution in [0.2, 0.25) is 5.02 Å². The zero-order chi connectivity index (χ0) is 15.1. The van der Waals surface area contributed by atoms with Crippen LogP contribution in [0.3, 0.4) is 0 Å². The second-order valence-electron chi connectivity index (χ2n) is 6.14. The van der Waals surface area contributed by atoms with Crippen molar-refractivity contribution in [3.63, 3.8) is 0 Å². The molecular weight excluding hydrogens is 290 g/mol. The molecule has 0 radical (unpaired) electrons. The summed E-state index contributed by atoms with van der Waals surface area (Å²) in [5, 5.41) is 12.9. The van der Waals surface area contributed by atoms with Crippen LogP contribution in [0.1, 0.15) is 44.1 Å². The first-order valence-electron chi connectivity index (χ1n) is 7.31. The SMILES string of the molecule is O=C(O)C1(NC(=O)C2(c3ccc(Cl)cc3)CC2)CCCC1. The van der Waals surface area contributed by atoms with Gasteiger partial charge in [-0.1, -0.05) is 36.6 Å². The summed E-state index contributed by atoms with van der Waals surface area (Å²) in [6, 6.07) is 7.26. The molecule has 2 aliphatic rings. The fourth-order valence-electron chi connectivity index (χ4n) is 3.25. The highest BCUT2D eigenvalue weighted by Gasteiger charge is 2.54. The minimum atomic E-state index is -1.07. The largest absolute Gasteiger partial charge is 0.480 e. The molecule has 1 amide bonds. The molecule has 21 heavy (non-hydrogen) atoms. The summed E-state index contributed by atoms with van der Waals surface area (Å²) in [5.74, 6) is -1.07. The Balaban J connectivity index is 1.82. The lowest BCUT2D eigenvalue weighted by Crippen LogP contribution is -2.55. The lowest BCUT2D eigenvalue weighted by atomic mass is 9.91. The van der Waals surface area contributed by atoms with Gasteiger partial charge in [0.25, 0.3) is 0 Å². The molecule has 2 fully saturated rings. The van der Waals surface area contributed by atoms with E-state index in [2.05, 4.69) is 5.32 Å². The molecule has 4 nitrogen and oxygen atoms in total. The van der Waals surface area contributed by atoms with E-state index in [-0.39, 0.29) is 5.91 Å². The minimum absolute atomic E-state index is 0.158. The van der Waals surface area contributed by atoms with Crippen molar-refractivity contribution in [1.29, 1.82) is 0 Å². The number of aliphatic carboxylic acids is 1. The number of amides is 1. The lowest BCUT2D eigenvalue weighted by Gasteiger charge is -2.28. The van der Waals surface area contributed by atoms with Gasteiger partial charge >= 0.3 is 5.97 Å². The Morgan fingerprint density at radius 3 is 2.10 bits per heavy atom. The zero-order valence-corrected chi connectivity index (χ0v) is 12.4. The molecule has 2 saturated carbocycles. The Hall–Kier alpha value is -1.55. The molecule has 0 unspecified atom stereocenters. The van der Waals surface area contributed by atoms with Gasteiger partial charge in [-0.05, 0) is 43.4 Å². The van der Waals surface area contributed by atoms with E-state index in [4.69, 9.17) is 11.6 Å². The van der Waals surface area contributed by atoms with E-state index in [0.29, 0.717) is 17.9 Å². The number of benzene rings is 1. The first kappa shape index (κ1) is 14.4. The molecule has 0 atom stereocenters. The molecule has 0 aliphatic heterocycles. The number of carbonyl (C=O) groups is 2. The van der Waals surface area contributed by atoms with E-state index < -0.39 is 16.9 Å². The third-order valence-electron chi connectivity index (χ3n) is 4.80. The Morgan fingerprint density at radius 2 is 1.62 bits per heavy atom. The van der Waals surface area contributed by atoms with Crippen molar-refractivity contribution in [2.75, 3.05) is 0 Å². The molecular formula is C16H18ClNO3. The predicted molar refractivity (Wildman–Crippen MR) is 79.3 cm³/mol. The first-order valence-corrected chi connectivity index (χ1v) is 7.68. The summed E-state index contributed by atoms with van der Waals surface area (Å²) in [6.07, 6.45) is 4.25. The van der Waals surface area contributed by atoms with Gasteiger partial charge in [-0.25, -0.2) is 4.79 Å². The fraction of sp³-hybridized carbons (Fsp3) is 0.500. The van der Waals surface area contributed by atoms with Gasteiger partial charge < -0.3 is 10.4 Å². The second-order valence-corrected chi connectivity index (χ2v) is 6.57. The standard InChI is InChI=1S/C16H18ClNO3/c17-12-5-3-11(4-6-12)15(9-10-15)13(19)18-16(14(20)21)7-1-2-8-16/h3-6H,1-2,7-10H2,(H,18,19)(H,20,21). The van der Waals surface area contributed by atoms with Crippen molar-refractivity contribution in [3.05, 3.63) is 34.9 Å². The summed E-state index contributed by atoms with van der Waals surface area (Å²) in [4.78, 5) is 24.2. The summed E-state index contributed by atoms with van der Waals surface area (Å²) in [6.45, 7) is 0. The van der Waals surface area contributed by atoms with Crippen molar-refractivity contribution < 1.29 is 14.7 Å². The quantitative estimate of drug-likeness (QED) is 0.899. The Labute approximate surface area is 128 Å². The molecule has 1 aromatic carbocycles. The smallest absolute Gasteiger partial charge is 0.329 e. The molecule has 2 aliphatic carbocycles. The monoisotopic (exact) mass is 307 g/mol. The van der Waals surface area contributed by atoms with Crippen LogP contribution >= 0.6 is 11.6 Å². The maximum absolute atomic E-state index is 12.7. The van der Waals surface area contributed by atoms with Gasteiger partial charge in [0.2, 0.25) is 5.91 Å². The Bertz CT molecular complexity index is 572. The lowest BCUT2D eigenvalue weighted by molar-refractivity contribution is -0.147. The van der Waals surface area contributed by atoms with Gasteiger partial charge in [-0.2, -0.15) is 0 Å². The normalized spacial score (nSPS) is 21.8. The van der Waals surface area contributed by atoms with Crippen LogP contribution in [-0.4, -0.2) is 22.5 Å². The van der Waals surface area contributed by atoms with Crippen LogP contribution in [0.4, 0.5) is 0 Å². The highest BCUT2D eigenvalue weighted by molar-refractivity contribution is 6.30. The molecule has 5 heteroatoms. The van der Waals surface area contributed by atoms with Crippen LogP contribution in [-0.2, 0) is 15.0 Å². The average Bonchev–Trinajstić information content (AvgIpc) is 3.13. The van der Waals surface area contributed by atoms with Gasteiger partial charge in [0.05, 0.1) is 5.41 Å². The van der Waals surface area contributed by atoms with Crippen molar-refractivity contribution in [2.24, 2.45) is 0 Å². The van der Waals surface area contributed by atoms with Crippen molar-refractivity contribution in [2.45, 2.75) is 49.5 Å². The van der Waals surface area contributed by atoms with Gasteiger partial charge in [0, 0.05) is 5.02 Å². The number of rotatable bonds is 4. The number of nitrogens with one attached hydrogen (secondary N) is 1. The highest BCUT2D eigenvalue weighted by atomic mass is 35.5. The van der Waals surface area contributed by atoms with E-state index in [0.717, 1.165) is 31.2 Å². The van der Waals surface area contributed by atoms with Gasteiger partial charge in [-0.3, -0.25) is 4.79 Å². The maximum atomic E-state index is 12.7. The molecule has 0 heterocycles. The average molecular weight is 308 g/mol. The minimum Gasteiger partial charge on any atom is -0.480 e. The van der Waals surface area contributed by atoms with Crippen LogP contribution in [0.15, 0.2) is 24.3 Å². The number of carboxylic acids is 1. The number of carboxylic acid groups (broad SMARTS) is 1. The van der Waals surface area contributed by atoms with Gasteiger partial charge in [-0.15, -0.1) is 0 Å². The van der Waals surface area contributed by atoms with E-state index in [1.165, 1.54) is 0 Å². The summed E-state index contributed by atoms with van der Waals surface area (Å²) >= 11 is 5.88. The topological polar surface area (TPSA) is 66.4 Å². The van der Waals surface area contributed by atoms with Crippen LogP contribution in [0.25, 0.3) is 0 Å². The fourth-order valence-corrected chi connectivity index (χ4v) is 3.37. The molecule has 2 N–H and O–H groups in total. The number of halogens is 1. The second kappa shape index (κ2) is 5.02. The Morgan fingerprint density at radius 1 is 1.05 bits per heavy atom. The molecule has 3 rings (SSSR count). The van der Waals surface area contributed by atoms with Crippen LogP contribution in [0.5, 0.6) is 0 Å².